The van der Waals surface area contributed by atoms with Crippen LogP contribution < -0.4 is 5.73 Å². The number of primary amides is 1. The molecule has 0 saturated heterocycles. The monoisotopic (exact) mass is 282 g/mol. The van der Waals surface area contributed by atoms with Gasteiger partial charge < -0.3 is 5.73 Å². The zero-order valence-electron chi connectivity index (χ0n) is 11.4. The van der Waals surface area contributed by atoms with Gasteiger partial charge in [-0.15, -0.1) is 0 Å². The molecule has 1 amide bonds. The Morgan fingerprint density at radius 3 is 1.95 bits per heavy atom. The van der Waals surface area contributed by atoms with Gasteiger partial charge in [0.25, 0.3) is 0 Å². The number of rotatable bonds is 3. The predicted molar refractivity (Wildman–Crippen MR) is 80.2 cm³/mol. The molecule has 0 radical (unpaired) electrons. The van der Waals surface area contributed by atoms with Gasteiger partial charge in [-0.25, -0.2) is 0 Å². The third kappa shape index (κ3) is 5.59. The molecule has 0 aliphatic rings. The van der Waals surface area contributed by atoms with Gasteiger partial charge in [-0.3, -0.25) is 9.59 Å². The van der Waals surface area contributed by atoms with Gasteiger partial charge in [0.2, 0.25) is 5.91 Å². The van der Waals surface area contributed by atoms with Crippen molar-refractivity contribution in [3.63, 3.8) is 0 Å². The van der Waals surface area contributed by atoms with Crippen molar-refractivity contribution in [3.05, 3.63) is 76.2 Å². The highest BCUT2D eigenvalue weighted by Crippen LogP contribution is 2.12. The summed E-state index contributed by atoms with van der Waals surface area (Å²) >= 11 is 0. The van der Waals surface area contributed by atoms with Crippen LogP contribution in [0.1, 0.15) is 27.6 Å². The molecule has 0 aliphatic heterocycles. The van der Waals surface area contributed by atoms with Crippen LogP contribution in [0, 0.1) is 0 Å². The van der Waals surface area contributed by atoms with E-state index < -0.39 is 5.91 Å². The van der Waals surface area contributed by atoms with Crippen molar-refractivity contribution < 1.29 is 9.59 Å². The molecule has 0 atom stereocenters. The lowest BCUT2D eigenvalue weighted by molar-refractivity contribution is 0.0996. The van der Waals surface area contributed by atoms with Gasteiger partial charge in [-0.2, -0.15) is 0 Å². The number of nitrogens with two attached hydrogens (primary N) is 1. The molecule has 0 saturated carbocycles. The van der Waals surface area contributed by atoms with Gasteiger partial charge in [0.15, 0.2) is 5.78 Å². The summed E-state index contributed by atoms with van der Waals surface area (Å²) in [5, 5.41) is 3.34. The van der Waals surface area contributed by atoms with Gasteiger partial charge in [-0.1, -0.05) is 47.6 Å². The fraction of sp³-hybridized carbons (Fsp3) is 0.0667. The molecule has 2 rings (SSSR count). The summed E-state index contributed by atoms with van der Waals surface area (Å²) in [6, 6.07) is 15.3. The van der Waals surface area contributed by atoms with E-state index in [2.05, 4.69) is 10.0 Å². The minimum atomic E-state index is -0.498. The molecule has 0 heterocycles. The summed E-state index contributed by atoms with van der Waals surface area (Å²) in [4.78, 5) is 23.8. The summed E-state index contributed by atoms with van der Waals surface area (Å²) in [6.45, 7) is 1.56. The van der Waals surface area contributed by atoms with Crippen LogP contribution in [0.2, 0.25) is 0 Å². The maximum Gasteiger partial charge on any atom is 0.248 e. The Labute approximate surface area is 121 Å². The Hall–Kier alpha value is -3.11. The summed E-state index contributed by atoms with van der Waals surface area (Å²) in [6.07, 6.45) is 0. The first-order chi connectivity index (χ1) is 10.0. The molecule has 2 aromatic carbocycles. The van der Waals surface area contributed by atoms with E-state index in [0.717, 1.165) is 5.56 Å². The van der Waals surface area contributed by atoms with E-state index in [4.69, 9.17) is 11.3 Å². The highest BCUT2D eigenvalue weighted by Gasteiger charge is 1.97. The second-order valence-electron chi connectivity index (χ2n) is 4.02. The van der Waals surface area contributed by atoms with Crippen LogP contribution in [0.25, 0.3) is 10.4 Å². The first-order valence-electron chi connectivity index (χ1n) is 6.05. The molecule has 0 bridgehead atoms. The number of amides is 1. The van der Waals surface area contributed by atoms with Gasteiger partial charge >= 0.3 is 0 Å². The lowest BCUT2D eigenvalue weighted by Crippen LogP contribution is -2.10. The molecule has 0 unspecified atom stereocenters. The van der Waals surface area contributed by atoms with Gasteiger partial charge in [0, 0.05) is 21.7 Å². The van der Waals surface area contributed by atoms with Gasteiger partial charge in [0.05, 0.1) is 0 Å². The van der Waals surface area contributed by atoms with Crippen molar-refractivity contribution in [1.82, 2.24) is 0 Å². The second kappa shape index (κ2) is 8.14. The number of Topliss-reactive ketones (excluding diaryl/α,β-unsaturated/α-hetero) is 1. The molecule has 2 aromatic rings. The van der Waals surface area contributed by atoms with Crippen molar-refractivity contribution in [3.8, 4) is 0 Å². The molecule has 0 aliphatic carbocycles. The van der Waals surface area contributed by atoms with Crippen molar-refractivity contribution in [2.45, 2.75) is 6.92 Å². The van der Waals surface area contributed by atoms with E-state index in [1.807, 2.05) is 30.3 Å². The summed E-state index contributed by atoms with van der Waals surface area (Å²) in [7, 11) is 0. The number of carbonyl (C=O) groups excluding carboxylic acids is 2. The zero-order chi connectivity index (χ0) is 15.7. The fourth-order valence-corrected chi connectivity index (χ4v) is 1.42. The zero-order valence-corrected chi connectivity index (χ0v) is 11.4. The van der Waals surface area contributed by atoms with E-state index in [1.54, 1.807) is 6.92 Å². The normalized spacial score (nSPS) is 8.81. The van der Waals surface area contributed by atoms with E-state index in [1.165, 1.54) is 24.3 Å². The number of nitrogens with zero attached hydrogens (tertiary/aromatic N) is 3. The van der Waals surface area contributed by atoms with E-state index in [-0.39, 0.29) is 5.78 Å². The smallest absolute Gasteiger partial charge is 0.248 e. The van der Waals surface area contributed by atoms with E-state index in [9.17, 15) is 9.59 Å². The maximum atomic E-state index is 10.6. The Bertz CT molecular complexity index is 639. The molecule has 21 heavy (non-hydrogen) atoms. The lowest BCUT2D eigenvalue weighted by Gasteiger charge is -1.93. The summed E-state index contributed by atoms with van der Waals surface area (Å²) < 4.78 is 0. The van der Waals surface area contributed by atoms with Crippen LogP contribution in [0.3, 0.4) is 0 Å². The Morgan fingerprint density at radius 1 is 1.00 bits per heavy atom. The number of carbonyl (C=O) groups is 2. The van der Waals surface area contributed by atoms with Crippen LogP contribution in [-0.4, -0.2) is 11.7 Å². The third-order valence-electron chi connectivity index (χ3n) is 2.49. The topological polar surface area (TPSA) is 109 Å². The highest BCUT2D eigenvalue weighted by atomic mass is 16.1. The number of hydrogen-bond donors (Lipinski definition) is 1. The molecule has 106 valence electrons. The number of hydrogen-bond acceptors (Lipinski definition) is 3. The SMILES string of the molecule is CC(=O)c1ccccc1.[N-]=[N+]=Nc1ccc(C(N)=O)cc1. The molecule has 0 fully saturated rings. The average Bonchev–Trinajstić information content (AvgIpc) is 2.50. The average molecular weight is 282 g/mol. The Balaban J connectivity index is 0.000000219. The van der Waals surface area contributed by atoms with Crippen LogP contribution in [0.4, 0.5) is 5.69 Å². The largest absolute Gasteiger partial charge is 0.366 e. The van der Waals surface area contributed by atoms with Crippen LogP contribution in [-0.2, 0) is 0 Å². The molecule has 0 spiro atoms. The van der Waals surface area contributed by atoms with Crippen molar-refractivity contribution in [1.29, 1.82) is 0 Å². The summed E-state index contributed by atoms with van der Waals surface area (Å²) in [5.41, 5.74) is 14.7. The van der Waals surface area contributed by atoms with Gasteiger partial charge in [0.1, 0.15) is 0 Å². The molecule has 0 aromatic heterocycles. The van der Waals surface area contributed by atoms with E-state index in [0.29, 0.717) is 11.3 Å². The second-order valence-corrected chi connectivity index (χ2v) is 4.02. The van der Waals surface area contributed by atoms with Crippen molar-refractivity contribution in [2.24, 2.45) is 10.8 Å². The fourth-order valence-electron chi connectivity index (χ4n) is 1.42. The van der Waals surface area contributed by atoms with Crippen LogP contribution in [0.15, 0.2) is 59.7 Å². The molecule has 6 nitrogen and oxygen atoms in total. The number of ketones is 1. The standard InChI is InChI=1S/C8H8O.C7H6N4O/c1-7(9)8-5-3-2-4-6-8;8-7(12)5-1-3-6(4-2-5)10-11-9/h2-6H,1H3;1-4H,(H2,8,12). The number of benzene rings is 2. The van der Waals surface area contributed by atoms with Crippen LogP contribution >= 0.6 is 0 Å². The van der Waals surface area contributed by atoms with Crippen LogP contribution in [0.5, 0.6) is 0 Å². The van der Waals surface area contributed by atoms with Crippen molar-refractivity contribution >= 4 is 17.4 Å². The predicted octanol–water partition coefficient (Wildman–Crippen LogP) is 3.62. The van der Waals surface area contributed by atoms with Gasteiger partial charge in [-0.05, 0) is 24.6 Å². The Kier molecular flexibility index (Phi) is 6.18. The first-order valence-corrected chi connectivity index (χ1v) is 6.05. The highest BCUT2D eigenvalue weighted by molar-refractivity contribution is 5.94. The molecule has 6 heteroatoms. The first kappa shape index (κ1) is 15.9. The minimum Gasteiger partial charge on any atom is -0.366 e. The molecule has 2 N–H and O–H groups in total. The molecular weight excluding hydrogens is 268 g/mol. The quantitative estimate of drug-likeness (QED) is 0.401. The summed E-state index contributed by atoms with van der Waals surface area (Å²) in [5.74, 6) is -0.377. The van der Waals surface area contributed by atoms with E-state index >= 15 is 0 Å². The third-order valence-corrected chi connectivity index (χ3v) is 2.49. The number of azide groups is 1. The Morgan fingerprint density at radius 2 is 1.57 bits per heavy atom. The lowest BCUT2D eigenvalue weighted by atomic mass is 10.2. The molecular formula is C15H14N4O2. The maximum absolute atomic E-state index is 10.6. The minimum absolute atomic E-state index is 0.121. The van der Waals surface area contributed by atoms with Crippen molar-refractivity contribution in [2.75, 3.05) is 0 Å².